The van der Waals surface area contributed by atoms with Gasteiger partial charge in [0.2, 0.25) is 5.91 Å². The minimum Gasteiger partial charge on any atom is -0.399 e. The molecule has 4 heteroatoms. The lowest BCUT2D eigenvalue weighted by atomic mass is 10.1. The highest BCUT2D eigenvalue weighted by Gasteiger charge is 2.02. The van der Waals surface area contributed by atoms with Crippen molar-refractivity contribution in [3.8, 4) is 6.07 Å². The Labute approximate surface area is 101 Å². The molecule has 0 atom stereocenters. The first-order valence-electron chi connectivity index (χ1n) is 5.70. The van der Waals surface area contributed by atoms with Crippen molar-refractivity contribution in [2.45, 2.75) is 25.7 Å². The molecule has 3 N–H and O–H groups in total. The molecule has 0 radical (unpaired) electrons. The van der Waals surface area contributed by atoms with Crippen LogP contribution in [0.25, 0.3) is 0 Å². The molecule has 1 aromatic rings. The van der Waals surface area contributed by atoms with Crippen molar-refractivity contribution in [2.24, 2.45) is 0 Å². The van der Waals surface area contributed by atoms with E-state index in [1.807, 2.05) is 12.1 Å². The van der Waals surface area contributed by atoms with Gasteiger partial charge in [-0.1, -0.05) is 12.1 Å². The first kappa shape index (κ1) is 13.0. The summed E-state index contributed by atoms with van der Waals surface area (Å²) < 4.78 is 0. The average molecular weight is 231 g/mol. The van der Waals surface area contributed by atoms with Crippen molar-refractivity contribution in [1.82, 2.24) is 5.32 Å². The molecule has 90 valence electrons. The van der Waals surface area contributed by atoms with Crippen LogP contribution in [-0.4, -0.2) is 12.5 Å². The van der Waals surface area contributed by atoms with Crippen molar-refractivity contribution < 1.29 is 4.79 Å². The smallest absolute Gasteiger partial charge is 0.224 e. The number of unbranched alkanes of at least 4 members (excludes halogenated alkanes) is 2. The fraction of sp³-hybridized carbons (Fsp3) is 0.385. The molecule has 1 rings (SSSR count). The molecular formula is C13H17N3O. The first-order valence-corrected chi connectivity index (χ1v) is 5.70. The molecule has 0 saturated carbocycles. The summed E-state index contributed by atoms with van der Waals surface area (Å²) in [7, 11) is 0. The zero-order valence-electron chi connectivity index (χ0n) is 9.78. The zero-order valence-corrected chi connectivity index (χ0v) is 9.78. The number of carbonyl (C=O) groups excluding carboxylic acids is 1. The van der Waals surface area contributed by atoms with Crippen molar-refractivity contribution >= 4 is 11.6 Å². The molecule has 0 aliphatic heterocycles. The number of rotatable bonds is 6. The van der Waals surface area contributed by atoms with Crippen LogP contribution in [-0.2, 0) is 11.2 Å². The van der Waals surface area contributed by atoms with E-state index in [0.717, 1.165) is 18.4 Å². The molecule has 0 bridgehead atoms. The van der Waals surface area contributed by atoms with Crippen LogP contribution in [0.15, 0.2) is 24.3 Å². The number of nitrogens with one attached hydrogen (secondary N) is 1. The Morgan fingerprint density at radius 2 is 2.24 bits per heavy atom. The number of nitrogen functional groups attached to an aromatic ring is 1. The summed E-state index contributed by atoms with van der Waals surface area (Å²) in [4.78, 5) is 11.5. The van der Waals surface area contributed by atoms with Crippen LogP contribution in [0.4, 0.5) is 5.69 Å². The van der Waals surface area contributed by atoms with E-state index >= 15 is 0 Å². The van der Waals surface area contributed by atoms with E-state index in [4.69, 9.17) is 11.0 Å². The second kappa shape index (κ2) is 7.29. The molecule has 0 spiro atoms. The highest BCUT2D eigenvalue weighted by atomic mass is 16.1. The molecule has 0 saturated heterocycles. The third-order valence-electron chi connectivity index (χ3n) is 2.35. The second-order valence-corrected chi connectivity index (χ2v) is 3.89. The van der Waals surface area contributed by atoms with Crippen molar-refractivity contribution in [3.05, 3.63) is 29.8 Å². The van der Waals surface area contributed by atoms with E-state index in [0.29, 0.717) is 25.1 Å². The number of nitrogens with zero attached hydrogens (tertiary/aromatic N) is 1. The highest BCUT2D eigenvalue weighted by molar-refractivity contribution is 5.78. The summed E-state index contributed by atoms with van der Waals surface area (Å²) >= 11 is 0. The van der Waals surface area contributed by atoms with Crippen LogP contribution >= 0.6 is 0 Å². The number of benzene rings is 1. The lowest BCUT2D eigenvalue weighted by Crippen LogP contribution is -2.26. The van der Waals surface area contributed by atoms with Crippen LogP contribution in [0.2, 0.25) is 0 Å². The summed E-state index contributed by atoms with van der Waals surface area (Å²) in [6.07, 6.45) is 2.57. The maximum atomic E-state index is 11.5. The van der Waals surface area contributed by atoms with Gasteiger partial charge < -0.3 is 11.1 Å². The van der Waals surface area contributed by atoms with Gasteiger partial charge in [-0.2, -0.15) is 5.26 Å². The molecule has 0 aliphatic carbocycles. The molecule has 0 aromatic heterocycles. The van der Waals surface area contributed by atoms with E-state index in [9.17, 15) is 4.79 Å². The molecule has 1 amide bonds. The molecule has 0 unspecified atom stereocenters. The standard InChI is InChI=1S/C13H17N3O/c14-7-2-1-3-8-16-13(17)10-11-5-4-6-12(15)9-11/h4-6,9H,1-3,8,10,15H2,(H,16,17). The Bertz CT molecular complexity index is 409. The van der Waals surface area contributed by atoms with Crippen LogP contribution in [0.5, 0.6) is 0 Å². The van der Waals surface area contributed by atoms with Gasteiger partial charge in [0.1, 0.15) is 0 Å². The van der Waals surface area contributed by atoms with Crippen LogP contribution in [0.3, 0.4) is 0 Å². The number of carbonyl (C=O) groups is 1. The van der Waals surface area contributed by atoms with E-state index in [1.54, 1.807) is 12.1 Å². The van der Waals surface area contributed by atoms with Gasteiger partial charge in [0.05, 0.1) is 12.5 Å². The van der Waals surface area contributed by atoms with Crippen LogP contribution in [0.1, 0.15) is 24.8 Å². The van der Waals surface area contributed by atoms with Gasteiger partial charge in [-0.15, -0.1) is 0 Å². The third kappa shape index (κ3) is 5.57. The van der Waals surface area contributed by atoms with Crippen molar-refractivity contribution in [1.29, 1.82) is 5.26 Å². The van der Waals surface area contributed by atoms with Gasteiger partial charge in [0, 0.05) is 18.7 Å². The monoisotopic (exact) mass is 231 g/mol. The fourth-order valence-electron chi connectivity index (χ4n) is 1.51. The predicted molar refractivity (Wildman–Crippen MR) is 67.0 cm³/mol. The number of hydrogen-bond acceptors (Lipinski definition) is 3. The van der Waals surface area contributed by atoms with Gasteiger partial charge in [0.15, 0.2) is 0 Å². The molecule has 17 heavy (non-hydrogen) atoms. The number of anilines is 1. The van der Waals surface area contributed by atoms with Gasteiger partial charge >= 0.3 is 0 Å². The van der Waals surface area contributed by atoms with Crippen molar-refractivity contribution in [2.75, 3.05) is 12.3 Å². The lowest BCUT2D eigenvalue weighted by Gasteiger charge is -2.05. The minimum absolute atomic E-state index is 0.00689. The largest absolute Gasteiger partial charge is 0.399 e. The lowest BCUT2D eigenvalue weighted by molar-refractivity contribution is -0.120. The van der Waals surface area contributed by atoms with Gasteiger partial charge in [0.25, 0.3) is 0 Å². The summed E-state index contributed by atoms with van der Waals surface area (Å²) in [5.74, 6) is -0.00689. The van der Waals surface area contributed by atoms with Gasteiger partial charge in [-0.3, -0.25) is 4.79 Å². The number of amides is 1. The quantitative estimate of drug-likeness (QED) is 0.576. The van der Waals surface area contributed by atoms with Crippen LogP contribution in [0, 0.1) is 11.3 Å². The number of nitrogens with two attached hydrogens (primary N) is 1. The Morgan fingerprint density at radius 3 is 2.94 bits per heavy atom. The summed E-state index contributed by atoms with van der Waals surface area (Å²) in [6, 6.07) is 9.39. The molecule has 4 nitrogen and oxygen atoms in total. The Morgan fingerprint density at radius 1 is 1.41 bits per heavy atom. The average Bonchev–Trinajstić information content (AvgIpc) is 2.29. The summed E-state index contributed by atoms with van der Waals surface area (Å²) in [5, 5.41) is 11.2. The Balaban J connectivity index is 2.23. The van der Waals surface area contributed by atoms with E-state index < -0.39 is 0 Å². The second-order valence-electron chi connectivity index (χ2n) is 3.89. The number of nitriles is 1. The van der Waals surface area contributed by atoms with E-state index in [-0.39, 0.29) is 5.91 Å². The van der Waals surface area contributed by atoms with Crippen LogP contribution < -0.4 is 11.1 Å². The topological polar surface area (TPSA) is 78.9 Å². The molecule has 0 fully saturated rings. The predicted octanol–water partition coefficient (Wildman–Crippen LogP) is 1.62. The fourth-order valence-corrected chi connectivity index (χ4v) is 1.51. The van der Waals surface area contributed by atoms with Gasteiger partial charge in [-0.25, -0.2) is 0 Å². The zero-order chi connectivity index (χ0) is 12.5. The molecular weight excluding hydrogens is 214 g/mol. The Kier molecular flexibility index (Phi) is 5.59. The SMILES string of the molecule is N#CCCCCNC(=O)Cc1cccc(N)c1. The van der Waals surface area contributed by atoms with Crippen molar-refractivity contribution in [3.63, 3.8) is 0 Å². The first-order chi connectivity index (χ1) is 8.22. The normalized spacial score (nSPS) is 9.59. The highest BCUT2D eigenvalue weighted by Crippen LogP contribution is 2.06. The summed E-state index contributed by atoms with van der Waals surface area (Å²) in [5.41, 5.74) is 7.21. The third-order valence-corrected chi connectivity index (χ3v) is 2.35. The molecule has 1 aromatic carbocycles. The Hall–Kier alpha value is -2.02. The maximum absolute atomic E-state index is 11.5. The maximum Gasteiger partial charge on any atom is 0.224 e. The van der Waals surface area contributed by atoms with E-state index in [1.165, 1.54) is 0 Å². The summed E-state index contributed by atoms with van der Waals surface area (Å²) in [6.45, 7) is 0.628. The molecule has 0 aliphatic rings. The van der Waals surface area contributed by atoms with E-state index in [2.05, 4.69) is 11.4 Å². The van der Waals surface area contributed by atoms with Gasteiger partial charge in [-0.05, 0) is 30.5 Å². The minimum atomic E-state index is -0.00689. The molecule has 0 heterocycles. The number of hydrogen-bond donors (Lipinski definition) is 2.